The number of carbonyl (C=O) groups excluding carboxylic acids is 3. The van der Waals surface area contributed by atoms with E-state index in [0.29, 0.717) is 0 Å². The van der Waals surface area contributed by atoms with Crippen LogP contribution in [0.15, 0.2) is 11.6 Å². The number of carbonyl (C=O) groups is 3. The molecule has 0 spiro atoms. The number of Topliss-reactive ketones (excluding diaryl/α,β-unsaturated/α-hetero) is 1. The van der Waals surface area contributed by atoms with Gasteiger partial charge in [0.25, 0.3) is 0 Å². The van der Waals surface area contributed by atoms with Crippen molar-refractivity contribution < 1.29 is 42.5 Å². The summed E-state index contributed by atoms with van der Waals surface area (Å²) in [5.74, 6) is -3.93. The number of esters is 1. The molecule has 5 rings (SSSR count). The first kappa shape index (κ1) is 25.0. The van der Waals surface area contributed by atoms with E-state index in [4.69, 9.17) is 14.2 Å². The molecule has 1 heterocycles. The molecule has 4 fully saturated rings. The molecule has 4 aliphatic carbocycles. The Bertz CT molecular complexity index is 1030. The van der Waals surface area contributed by atoms with Gasteiger partial charge in [-0.3, -0.25) is 14.4 Å². The van der Waals surface area contributed by atoms with Gasteiger partial charge in [-0.1, -0.05) is 13.8 Å². The van der Waals surface area contributed by atoms with Gasteiger partial charge < -0.3 is 19.3 Å². The Morgan fingerprint density at radius 1 is 1.20 bits per heavy atom. The molecular formula is C26H34F2O7. The minimum Gasteiger partial charge on any atom is -0.458 e. The largest absolute Gasteiger partial charge is 0.458 e. The van der Waals surface area contributed by atoms with Crippen molar-refractivity contribution in [3.63, 3.8) is 0 Å². The van der Waals surface area contributed by atoms with Crippen molar-refractivity contribution in [2.24, 2.45) is 22.7 Å². The van der Waals surface area contributed by atoms with Gasteiger partial charge >= 0.3 is 5.97 Å². The smallest absolute Gasteiger partial charge is 0.303 e. The molecule has 0 bridgehead atoms. The highest BCUT2D eigenvalue weighted by Crippen LogP contribution is 2.73. The Hall–Kier alpha value is -1.71. The van der Waals surface area contributed by atoms with Gasteiger partial charge in [-0.2, -0.15) is 0 Å². The summed E-state index contributed by atoms with van der Waals surface area (Å²) in [7, 11) is 0. The van der Waals surface area contributed by atoms with Crippen molar-refractivity contribution in [2.75, 3.05) is 6.61 Å². The van der Waals surface area contributed by atoms with E-state index in [1.165, 1.54) is 13.0 Å². The zero-order chi connectivity index (χ0) is 25.8. The summed E-state index contributed by atoms with van der Waals surface area (Å²) < 4.78 is 50.4. The summed E-state index contributed by atoms with van der Waals surface area (Å²) in [6.07, 6.45) is -2.44. The number of hydrogen-bond donors (Lipinski definition) is 1. The third kappa shape index (κ3) is 3.01. The van der Waals surface area contributed by atoms with Crippen LogP contribution in [0.4, 0.5) is 8.78 Å². The Morgan fingerprint density at radius 2 is 1.89 bits per heavy atom. The van der Waals surface area contributed by atoms with E-state index in [9.17, 15) is 19.5 Å². The lowest BCUT2D eigenvalue weighted by Gasteiger charge is -2.64. The predicted molar refractivity (Wildman–Crippen MR) is 119 cm³/mol. The van der Waals surface area contributed by atoms with Crippen molar-refractivity contribution >= 4 is 17.5 Å². The minimum absolute atomic E-state index is 0.0909. The lowest BCUT2D eigenvalue weighted by atomic mass is 9.43. The van der Waals surface area contributed by atoms with Gasteiger partial charge in [-0.25, -0.2) is 8.78 Å². The van der Waals surface area contributed by atoms with Crippen LogP contribution in [0, 0.1) is 22.7 Å². The lowest BCUT2D eigenvalue weighted by Crippen LogP contribution is -2.71. The molecule has 1 N–H and O–H groups in total. The molecule has 0 aromatic heterocycles. The van der Waals surface area contributed by atoms with E-state index >= 15 is 8.78 Å². The number of rotatable bonds is 3. The van der Waals surface area contributed by atoms with Crippen LogP contribution in [-0.4, -0.2) is 64.7 Å². The molecule has 1 saturated heterocycles. The second-order valence-electron chi connectivity index (χ2n) is 12.0. The van der Waals surface area contributed by atoms with Crippen molar-refractivity contribution in [3.05, 3.63) is 11.6 Å². The average Bonchev–Trinajstić information content (AvgIpc) is 3.16. The summed E-state index contributed by atoms with van der Waals surface area (Å²) >= 11 is 0. The molecule has 5 aliphatic rings. The highest BCUT2D eigenvalue weighted by Gasteiger charge is 2.80. The number of fused-ring (bicyclic) bond motifs is 7. The molecule has 0 aromatic carbocycles. The van der Waals surface area contributed by atoms with Gasteiger partial charge in [0.1, 0.15) is 11.8 Å². The molecule has 9 atom stereocenters. The number of halogens is 2. The number of aliphatic hydroxyl groups is 1. The quantitative estimate of drug-likeness (QED) is 0.599. The molecule has 35 heavy (non-hydrogen) atoms. The Morgan fingerprint density at radius 3 is 2.54 bits per heavy atom. The second-order valence-corrected chi connectivity index (χ2v) is 12.0. The topological polar surface area (TPSA) is 99.1 Å². The Balaban J connectivity index is 1.61. The first-order chi connectivity index (χ1) is 16.1. The normalized spacial score (nSPS) is 49.9. The van der Waals surface area contributed by atoms with Gasteiger partial charge in [0.05, 0.1) is 12.2 Å². The standard InChI is InChI=1S/C26H34F2O7/c1-13(29)33-12-20(32)26-21(34-22(2,3)35-26)10-15-16-9-18(27)17-8-14(30)6-7-23(17,4)25(16,28)19(31)11-24(15,26)5/h8,15-16,18-19,21,31H,6-7,9-12H2,1-5H3/t15-,16-,18-,19-,21+,23-,24-,25-,26+/m0/s1. The molecule has 7 nitrogen and oxygen atoms in total. The average molecular weight is 497 g/mol. The predicted octanol–water partition coefficient (Wildman–Crippen LogP) is 3.16. The van der Waals surface area contributed by atoms with E-state index in [1.807, 2.05) is 0 Å². The summed E-state index contributed by atoms with van der Waals surface area (Å²) in [5, 5.41) is 11.5. The zero-order valence-corrected chi connectivity index (χ0v) is 20.9. The molecule has 3 saturated carbocycles. The summed E-state index contributed by atoms with van der Waals surface area (Å²) in [4.78, 5) is 37.2. The maximum Gasteiger partial charge on any atom is 0.303 e. The second kappa shape index (κ2) is 7.42. The number of ether oxygens (including phenoxy) is 3. The zero-order valence-electron chi connectivity index (χ0n) is 20.9. The molecule has 0 aromatic rings. The van der Waals surface area contributed by atoms with Crippen molar-refractivity contribution in [3.8, 4) is 0 Å². The third-order valence-electron chi connectivity index (χ3n) is 9.84. The van der Waals surface area contributed by atoms with Gasteiger partial charge in [0, 0.05) is 30.1 Å². The molecule has 194 valence electrons. The van der Waals surface area contributed by atoms with Crippen LogP contribution < -0.4 is 0 Å². The van der Waals surface area contributed by atoms with E-state index in [1.54, 1.807) is 27.7 Å². The monoisotopic (exact) mass is 496 g/mol. The molecule has 0 radical (unpaired) electrons. The maximum absolute atomic E-state index is 17.3. The molecule has 9 heteroatoms. The Labute approximate surface area is 203 Å². The van der Waals surface area contributed by atoms with E-state index in [0.717, 1.165) is 0 Å². The van der Waals surface area contributed by atoms with Gasteiger partial charge in [0.2, 0.25) is 5.78 Å². The SMILES string of the molecule is CC(=O)OCC(=O)[C@@]12OC(C)(C)O[C@@H]1C[C@H]1[C@@H]3C[C@H](F)C4=CC(=O)CC[C@]4(C)[C@@]3(F)[C@@H](O)C[C@@]12C. The van der Waals surface area contributed by atoms with Crippen LogP contribution in [0.5, 0.6) is 0 Å². The summed E-state index contributed by atoms with van der Waals surface area (Å²) in [6.45, 7) is 7.42. The lowest BCUT2D eigenvalue weighted by molar-refractivity contribution is -0.254. The molecule has 1 aliphatic heterocycles. The highest BCUT2D eigenvalue weighted by molar-refractivity contribution is 5.93. The fourth-order valence-corrected chi connectivity index (χ4v) is 8.43. The van der Waals surface area contributed by atoms with E-state index < -0.39 is 76.5 Å². The van der Waals surface area contributed by atoms with Crippen LogP contribution in [0.1, 0.15) is 66.7 Å². The number of aliphatic hydroxyl groups excluding tert-OH is 1. The van der Waals surface area contributed by atoms with E-state index in [2.05, 4.69) is 0 Å². The third-order valence-corrected chi connectivity index (χ3v) is 9.84. The minimum atomic E-state index is -2.18. The summed E-state index contributed by atoms with van der Waals surface area (Å²) in [6, 6.07) is 0. The first-order valence-corrected chi connectivity index (χ1v) is 12.4. The van der Waals surface area contributed by atoms with E-state index in [-0.39, 0.29) is 43.5 Å². The number of alkyl halides is 2. The highest BCUT2D eigenvalue weighted by atomic mass is 19.1. The van der Waals surface area contributed by atoms with Crippen LogP contribution >= 0.6 is 0 Å². The fourth-order valence-electron chi connectivity index (χ4n) is 8.43. The first-order valence-electron chi connectivity index (χ1n) is 12.4. The molecule has 0 unspecified atom stereocenters. The van der Waals surface area contributed by atoms with Crippen molar-refractivity contribution in [2.45, 2.75) is 102 Å². The van der Waals surface area contributed by atoms with Crippen molar-refractivity contribution in [1.29, 1.82) is 0 Å². The maximum atomic E-state index is 17.3. The van der Waals surface area contributed by atoms with Gasteiger partial charge in [0.15, 0.2) is 23.8 Å². The van der Waals surface area contributed by atoms with Crippen LogP contribution in [0.25, 0.3) is 0 Å². The van der Waals surface area contributed by atoms with Crippen LogP contribution in [0.3, 0.4) is 0 Å². The van der Waals surface area contributed by atoms with Crippen LogP contribution in [0.2, 0.25) is 0 Å². The fraction of sp³-hybridized carbons (Fsp3) is 0.808. The molecular weight excluding hydrogens is 462 g/mol. The van der Waals surface area contributed by atoms with Gasteiger partial charge in [-0.05, 0) is 57.1 Å². The van der Waals surface area contributed by atoms with Crippen LogP contribution in [-0.2, 0) is 28.6 Å². The van der Waals surface area contributed by atoms with Crippen molar-refractivity contribution in [1.82, 2.24) is 0 Å². The Kier molecular flexibility index (Phi) is 5.29. The summed E-state index contributed by atoms with van der Waals surface area (Å²) in [5.41, 5.74) is -6.06. The van der Waals surface area contributed by atoms with Gasteiger partial charge in [-0.15, -0.1) is 0 Å². The number of ketones is 2. The number of allylic oxidation sites excluding steroid dienone is 1. The molecule has 0 amide bonds. The number of hydrogen-bond acceptors (Lipinski definition) is 7.